The smallest absolute Gasteiger partial charge is 0.249 e. The van der Waals surface area contributed by atoms with Gasteiger partial charge in [0.2, 0.25) is 23.7 Å². The maximum atomic E-state index is 13.7. The summed E-state index contributed by atoms with van der Waals surface area (Å²) in [5, 5.41) is 10.9. The predicted molar refractivity (Wildman–Crippen MR) is 274 cm³/mol. The number of ether oxygens (including phenoxy) is 1. The monoisotopic (exact) mass is 1000 g/mol. The number of hydrogen-bond donors (Lipinski definition) is 3. The molecule has 9 rings (SSSR count). The van der Waals surface area contributed by atoms with Crippen molar-refractivity contribution in [3.05, 3.63) is 87.7 Å². The summed E-state index contributed by atoms with van der Waals surface area (Å²) < 4.78 is 20.3. The fourth-order valence-corrected chi connectivity index (χ4v) is 12.3. The topological polar surface area (TPSA) is 165 Å². The van der Waals surface area contributed by atoms with Gasteiger partial charge in [-0.2, -0.15) is 4.98 Å². The molecule has 4 aliphatic heterocycles. The Morgan fingerprint density at radius 2 is 1.66 bits per heavy atom. The van der Waals surface area contributed by atoms with Gasteiger partial charge in [0.25, 0.3) is 0 Å². The Labute approximate surface area is 407 Å². The van der Waals surface area contributed by atoms with Crippen LogP contribution in [0.25, 0.3) is 10.9 Å². The molecule has 0 radical (unpaired) electrons. The van der Waals surface area contributed by atoms with Crippen LogP contribution >= 0.6 is 23.1 Å². The van der Waals surface area contributed by atoms with Crippen molar-refractivity contribution in [1.82, 2.24) is 30.1 Å². The molecular weight excluding hydrogens is 944 g/mol. The van der Waals surface area contributed by atoms with Crippen LogP contribution in [0.3, 0.4) is 0 Å². The third kappa shape index (κ3) is 9.49. The fourth-order valence-electron chi connectivity index (χ4n) is 10.5. The average molecular weight is 1010 g/mol. The largest absolute Gasteiger partial charge is 0.494 e. The predicted octanol–water partition coefficient (Wildman–Crippen LogP) is 7.66. The van der Waals surface area contributed by atoms with Crippen molar-refractivity contribution in [2.75, 3.05) is 86.7 Å². The number of fused-ring (bicyclic) bond motifs is 2. The number of methoxy groups -OCH3 is 1. The molecule has 2 aromatic heterocycles. The zero-order chi connectivity index (χ0) is 48.1. The molecule has 1 atom stereocenters. The summed E-state index contributed by atoms with van der Waals surface area (Å²) in [5.41, 5.74) is 7.72. The number of anilines is 6. The third-order valence-electron chi connectivity index (χ3n) is 14.3. The minimum atomic E-state index is -2.73. The summed E-state index contributed by atoms with van der Waals surface area (Å²) in [6.45, 7) is 18.4. The van der Waals surface area contributed by atoms with E-state index in [0.717, 1.165) is 116 Å². The average Bonchev–Trinajstić information content (AvgIpc) is 3.51. The molecule has 0 bridgehead atoms. The van der Waals surface area contributed by atoms with Crippen LogP contribution in [0.1, 0.15) is 68.8 Å². The van der Waals surface area contributed by atoms with Crippen LogP contribution in [0.15, 0.2) is 65.3 Å². The highest BCUT2D eigenvalue weighted by atomic mass is 79.9. The number of carbonyl (C=O) groups is 3. The number of nitrogens with one attached hydrogen (secondary N) is 3. The molecule has 5 aromatic rings. The van der Waals surface area contributed by atoms with E-state index in [1.807, 2.05) is 45.0 Å². The number of piperazine rings is 1. The number of amides is 3. The molecule has 17 heteroatoms. The molecule has 3 amide bonds. The highest BCUT2D eigenvalue weighted by Crippen LogP contribution is 2.45. The minimum Gasteiger partial charge on any atom is -0.494 e. The second kappa shape index (κ2) is 19.2. The number of pyridine rings is 1. The lowest BCUT2D eigenvalue weighted by molar-refractivity contribution is -0.136. The number of aromatic nitrogens is 3. The number of hydrogen-bond acceptors (Lipinski definition) is 13. The van der Waals surface area contributed by atoms with Crippen molar-refractivity contribution in [3.8, 4) is 5.75 Å². The van der Waals surface area contributed by atoms with Gasteiger partial charge in [0, 0.05) is 98.3 Å². The molecule has 68 heavy (non-hydrogen) atoms. The Balaban J connectivity index is 0.807. The molecule has 3 aromatic carbocycles. The van der Waals surface area contributed by atoms with Crippen LogP contribution in [0.4, 0.5) is 34.5 Å². The number of halogens is 1. The summed E-state index contributed by atoms with van der Waals surface area (Å²) in [6, 6.07) is 18.2. The Bertz CT molecular complexity index is 2840. The zero-order valence-corrected chi connectivity index (χ0v) is 42.6. The van der Waals surface area contributed by atoms with Crippen molar-refractivity contribution in [2.45, 2.75) is 83.7 Å². The lowest BCUT2D eigenvalue weighted by Gasteiger charge is -2.43. The van der Waals surface area contributed by atoms with E-state index in [4.69, 9.17) is 9.72 Å². The van der Waals surface area contributed by atoms with Crippen molar-refractivity contribution in [2.24, 2.45) is 0 Å². The van der Waals surface area contributed by atoms with Gasteiger partial charge < -0.3 is 29.7 Å². The first kappa shape index (κ1) is 47.6. The maximum Gasteiger partial charge on any atom is 0.249 e. The summed E-state index contributed by atoms with van der Waals surface area (Å²) >= 11 is 3.63. The summed E-state index contributed by atoms with van der Waals surface area (Å²) in [6.07, 6.45) is 6.13. The number of benzene rings is 3. The van der Waals surface area contributed by atoms with Crippen molar-refractivity contribution >= 4 is 91.5 Å². The fraction of sp³-hybridized carbons (Fsp3) is 0.451. The number of imide groups is 1. The van der Waals surface area contributed by atoms with Gasteiger partial charge in [-0.15, -0.1) is 0 Å². The van der Waals surface area contributed by atoms with Crippen LogP contribution < -0.4 is 35.8 Å². The lowest BCUT2D eigenvalue weighted by atomic mass is 9.85. The first-order valence-electron chi connectivity index (χ1n) is 23.8. The molecule has 358 valence electrons. The Morgan fingerprint density at radius 1 is 0.897 bits per heavy atom. The molecule has 3 fully saturated rings. The van der Waals surface area contributed by atoms with E-state index in [9.17, 15) is 18.9 Å². The van der Waals surface area contributed by atoms with Crippen molar-refractivity contribution < 1.29 is 23.7 Å². The molecule has 4 aliphatic rings. The highest BCUT2D eigenvalue weighted by Gasteiger charge is 2.49. The maximum absolute atomic E-state index is 13.7. The molecular formula is C51H62BrN10O5P. The number of carbonyl (C=O) groups excluding carboxylic acids is 3. The van der Waals surface area contributed by atoms with E-state index >= 15 is 0 Å². The molecule has 3 N–H and O–H groups in total. The standard InChI is InChI=1S/C51H62BrN10O5P/c1-8-33-28-40(56-50-53-30-37(52)47(58-50)55-39-14-13-38-35(11-9-31(2)54-38)46(39)68(6,7)66)44(67-5)29-42(33)61-21-18-34(19-22-61)60-25-23-59(24-26-60)20-17-32-10-12-36-43(27-32)62(49(65)51(36,3)4)41-15-16-45(63)57-48(41)64/h9-14,27-30,34,41H,8,15-26H2,1-7H3,(H,57,63,64)(H2,53,55,56,58). The first-order valence-corrected chi connectivity index (χ1v) is 27.2. The van der Waals surface area contributed by atoms with E-state index < -0.39 is 24.5 Å². The molecule has 0 spiro atoms. The first-order chi connectivity index (χ1) is 32.5. The molecule has 3 saturated heterocycles. The van der Waals surface area contributed by atoms with Crippen LogP contribution in [-0.4, -0.2) is 121 Å². The van der Waals surface area contributed by atoms with E-state index in [1.165, 1.54) is 11.3 Å². The second-order valence-electron chi connectivity index (χ2n) is 19.5. The SMILES string of the molecule is CCc1cc(Nc2ncc(Br)c(Nc3ccc4nc(C)ccc4c3P(C)(C)=O)n2)c(OC)cc1N1CCC(N2CCN(CCc3ccc4c(c3)N(C3CCC(=O)NC3=O)C(=O)C4(C)C)CC2)CC1. The van der Waals surface area contributed by atoms with E-state index in [0.29, 0.717) is 40.1 Å². The van der Waals surface area contributed by atoms with Crippen molar-refractivity contribution in [1.29, 1.82) is 0 Å². The van der Waals surface area contributed by atoms with E-state index in [2.05, 4.69) is 93.8 Å². The van der Waals surface area contributed by atoms with Crippen molar-refractivity contribution in [3.63, 3.8) is 0 Å². The third-order valence-corrected chi connectivity index (χ3v) is 16.4. The molecule has 6 heterocycles. The van der Waals surface area contributed by atoms with Gasteiger partial charge in [-0.25, -0.2) is 4.98 Å². The molecule has 0 aliphatic carbocycles. The van der Waals surface area contributed by atoms with E-state index in [-0.39, 0.29) is 18.2 Å². The zero-order valence-electron chi connectivity index (χ0n) is 40.1. The van der Waals surface area contributed by atoms with Crippen LogP contribution in [0, 0.1) is 6.92 Å². The summed E-state index contributed by atoms with van der Waals surface area (Å²) in [5.74, 6) is 0.859. The Morgan fingerprint density at radius 3 is 2.37 bits per heavy atom. The van der Waals surface area contributed by atoms with Gasteiger partial charge in [0.1, 0.15) is 24.8 Å². The number of piperidine rings is 2. The van der Waals surface area contributed by atoms with Crippen LogP contribution in [0.5, 0.6) is 5.75 Å². The number of nitrogens with zero attached hydrogens (tertiary/aromatic N) is 7. The quantitative estimate of drug-likeness (QED) is 0.0779. The minimum absolute atomic E-state index is 0.0944. The van der Waals surface area contributed by atoms with Gasteiger partial charge in [-0.05, 0) is 129 Å². The number of aryl methyl sites for hydroxylation is 2. The van der Waals surface area contributed by atoms with Crippen LogP contribution in [0.2, 0.25) is 0 Å². The Hall–Kier alpha value is -5.41. The molecule has 0 saturated carbocycles. The lowest BCUT2D eigenvalue weighted by Crippen LogP contribution is -2.55. The van der Waals surface area contributed by atoms with Gasteiger partial charge >= 0.3 is 0 Å². The van der Waals surface area contributed by atoms with Gasteiger partial charge in [-0.1, -0.05) is 25.1 Å². The summed E-state index contributed by atoms with van der Waals surface area (Å²) in [7, 11) is -1.04. The molecule has 15 nitrogen and oxygen atoms in total. The van der Waals surface area contributed by atoms with Crippen LogP contribution in [-0.2, 0) is 37.2 Å². The number of rotatable bonds is 13. The second-order valence-corrected chi connectivity index (χ2v) is 23.5. The van der Waals surface area contributed by atoms with Gasteiger partial charge in [0.05, 0.1) is 33.9 Å². The summed E-state index contributed by atoms with van der Waals surface area (Å²) in [4.78, 5) is 61.8. The normalized spacial score (nSPS) is 19.4. The van der Waals surface area contributed by atoms with E-state index in [1.54, 1.807) is 31.5 Å². The van der Waals surface area contributed by atoms with Gasteiger partial charge in [-0.3, -0.25) is 34.5 Å². The highest BCUT2D eigenvalue weighted by molar-refractivity contribution is 9.10. The Kier molecular flexibility index (Phi) is 13.4. The molecule has 1 unspecified atom stereocenters. The van der Waals surface area contributed by atoms with Gasteiger partial charge in [0.15, 0.2) is 0 Å².